The van der Waals surface area contributed by atoms with Gasteiger partial charge in [0.05, 0.1) is 34.6 Å². The quantitative estimate of drug-likeness (QED) is 0.272. The van der Waals surface area contributed by atoms with Crippen LogP contribution in [0.1, 0.15) is 21.5 Å². The molecule has 0 fully saturated rings. The minimum absolute atomic E-state index is 0.0939. The van der Waals surface area contributed by atoms with E-state index in [2.05, 4.69) is 15.3 Å². The fourth-order valence-electron chi connectivity index (χ4n) is 4.86. The lowest BCUT2D eigenvalue weighted by atomic mass is 10.1. The summed E-state index contributed by atoms with van der Waals surface area (Å²) in [7, 11) is 4.84. The first-order valence-electron chi connectivity index (χ1n) is 13.1. The number of aryl methyl sites for hydroxylation is 1. The predicted octanol–water partition coefficient (Wildman–Crippen LogP) is 5.62. The van der Waals surface area contributed by atoms with Crippen LogP contribution < -0.4 is 14.8 Å². The average molecular weight is 588 g/mol. The van der Waals surface area contributed by atoms with Crippen molar-refractivity contribution in [2.75, 3.05) is 33.1 Å². The van der Waals surface area contributed by atoms with E-state index in [4.69, 9.17) is 19.2 Å². The van der Waals surface area contributed by atoms with Crippen molar-refractivity contribution in [3.63, 3.8) is 0 Å². The van der Waals surface area contributed by atoms with Gasteiger partial charge in [-0.15, -0.1) is 11.3 Å². The molecule has 12 heteroatoms. The first kappa shape index (κ1) is 27.3. The minimum atomic E-state index is -0.709. The van der Waals surface area contributed by atoms with Crippen LogP contribution in [-0.2, 0) is 11.2 Å². The van der Waals surface area contributed by atoms with Gasteiger partial charge in [-0.25, -0.2) is 24.1 Å². The van der Waals surface area contributed by atoms with Crippen LogP contribution in [0.4, 0.5) is 14.9 Å². The van der Waals surface area contributed by atoms with Gasteiger partial charge in [-0.1, -0.05) is 6.07 Å². The van der Waals surface area contributed by atoms with Crippen LogP contribution in [0.25, 0.3) is 31.8 Å². The van der Waals surface area contributed by atoms with E-state index in [9.17, 15) is 9.59 Å². The maximum absolute atomic E-state index is 15.1. The van der Waals surface area contributed by atoms with Crippen LogP contribution in [0.5, 0.6) is 11.6 Å². The Morgan fingerprint density at radius 3 is 2.79 bits per heavy atom. The number of nitrogens with zero attached hydrogens (tertiary/aromatic N) is 4. The number of carbonyl (C=O) groups excluding carboxylic acids is 2. The highest BCUT2D eigenvalue weighted by Gasteiger charge is 2.31. The van der Waals surface area contributed by atoms with Gasteiger partial charge in [0.1, 0.15) is 17.7 Å². The summed E-state index contributed by atoms with van der Waals surface area (Å²) >= 11 is 1.42. The first-order valence-corrected chi connectivity index (χ1v) is 13.9. The predicted molar refractivity (Wildman–Crippen MR) is 157 cm³/mol. The van der Waals surface area contributed by atoms with Gasteiger partial charge in [0.25, 0.3) is 5.91 Å². The van der Waals surface area contributed by atoms with E-state index < -0.39 is 18.0 Å². The number of nitrogens with one attached hydrogen (secondary N) is 1. The van der Waals surface area contributed by atoms with Crippen molar-refractivity contribution in [2.45, 2.75) is 19.4 Å². The smallest absolute Gasteiger partial charge is 0.411 e. The van der Waals surface area contributed by atoms with E-state index in [-0.39, 0.29) is 18.3 Å². The van der Waals surface area contributed by atoms with Gasteiger partial charge >= 0.3 is 6.09 Å². The Kier molecular flexibility index (Phi) is 7.07. The highest BCUT2D eigenvalue weighted by Crippen LogP contribution is 2.43. The highest BCUT2D eigenvalue weighted by molar-refractivity contribution is 7.22. The summed E-state index contributed by atoms with van der Waals surface area (Å²) in [6.07, 6.45) is 0.618. The topological polar surface area (TPSA) is 116 Å². The summed E-state index contributed by atoms with van der Waals surface area (Å²) in [6.45, 7) is 1.87. The minimum Gasteiger partial charge on any atom is -0.483 e. The van der Waals surface area contributed by atoms with Gasteiger partial charge in [0.15, 0.2) is 11.6 Å². The number of rotatable bonds is 6. The van der Waals surface area contributed by atoms with Crippen molar-refractivity contribution in [3.8, 4) is 22.2 Å². The zero-order valence-corrected chi connectivity index (χ0v) is 24.0. The van der Waals surface area contributed by atoms with Crippen LogP contribution >= 0.6 is 11.3 Å². The molecule has 0 bridgehead atoms. The van der Waals surface area contributed by atoms with E-state index in [1.807, 2.05) is 19.1 Å². The molecule has 0 aliphatic carbocycles. The maximum Gasteiger partial charge on any atom is 0.411 e. The lowest BCUT2D eigenvalue weighted by molar-refractivity contribution is 0.0827. The van der Waals surface area contributed by atoms with Crippen LogP contribution in [0, 0.1) is 12.7 Å². The number of thiazole rings is 1. The number of ether oxygens (including phenoxy) is 3. The Morgan fingerprint density at radius 2 is 2.00 bits per heavy atom. The summed E-state index contributed by atoms with van der Waals surface area (Å²) in [5, 5.41) is 3.30. The van der Waals surface area contributed by atoms with Crippen LogP contribution in [0.2, 0.25) is 0 Å². The standard InChI is InChI=1S/C30H26FN5O5S/c1-15-8-19(25-22(9-15)34-24(39-4)13-32-25)28-35-23-12-21(31)26-20(27(23)42-28)11-18(41-26)14-40-30(38)33-17-7-5-6-16(10-17)29(37)36(2)3/h5-10,12-13,18H,11,14H2,1-4H3,(H,33,38). The Hall–Kier alpha value is -4.84. The van der Waals surface area contributed by atoms with E-state index in [0.717, 1.165) is 15.8 Å². The summed E-state index contributed by atoms with van der Waals surface area (Å²) in [6, 6.07) is 11.8. The molecule has 1 aliphatic heterocycles. The molecular formula is C30H26FN5O5S. The Balaban J connectivity index is 1.20. The molecule has 2 aromatic heterocycles. The molecule has 1 unspecified atom stereocenters. The van der Waals surface area contributed by atoms with Crippen molar-refractivity contribution < 1.29 is 28.2 Å². The lowest BCUT2D eigenvalue weighted by Gasteiger charge is -2.13. The molecular weight excluding hydrogens is 561 g/mol. The maximum atomic E-state index is 15.1. The second-order valence-electron chi connectivity index (χ2n) is 10.1. The molecule has 0 saturated heterocycles. The van der Waals surface area contributed by atoms with Crippen molar-refractivity contribution in [3.05, 3.63) is 71.2 Å². The fourth-order valence-corrected chi connectivity index (χ4v) is 5.97. The van der Waals surface area contributed by atoms with Gasteiger partial charge in [-0.05, 0) is 42.8 Å². The Labute approximate surface area is 244 Å². The van der Waals surface area contributed by atoms with Crippen LogP contribution in [0.15, 0.2) is 48.7 Å². The van der Waals surface area contributed by atoms with Crippen molar-refractivity contribution >= 4 is 50.3 Å². The number of benzene rings is 3. The third kappa shape index (κ3) is 5.16. The molecule has 1 N–H and O–H groups in total. The molecule has 2 amide bonds. The molecule has 5 aromatic rings. The van der Waals surface area contributed by atoms with Crippen LogP contribution in [0.3, 0.4) is 0 Å². The SMILES string of the molecule is COc1cnc2c(-c3nc4cc(F)c5c(c4s3)CC(COC(=O)Nc3cccc(C(=O)N(C)C)c3)O5)cc(C)cc2n1. The molecule has 214 valence electrons. The van der Waals surface area contributed by atoms with Gasteiger partial charge in [-0.3, -0.25) is 10.1 Å². The summed E-state index contributed by atoms with van der Waals surface area (Å²) < 4.78 is 32.4. The molecule has 10 nitrogen and oxygen atoms in total. The zero-order chi connectivity index (χ0) is 29.5. The largest absolute Gasteiger partial charge is 0.483 e. The number of anilines is 1. The second-order valence-corrected chi connectivity index (χ2v) is 11.1. The van der Waals surface area contributed by atoms with Gasteiger partial charge < -0.3 is 19.1 Å². The first-order chi connectivity index (χ1) is 20.2. The summed E-state index contributed by atoms with van der Waals surface area (Å²) in [4.78, 5) is 39.9. The third-order valence-electron chi connectivity index (χ3n) is 6.77. The molecule has 0 saturated carbocycles. The number of fused-ring (bicyclic) bond motifs is 4. The molecule has 42 heavy (non-hydrogen) atoms. The number of hydrogen-bond acceptors (Lipinski definition) is 9. The molecule has 6 rings (SSSR count). The number of aromatic nitrogens is 3. The molecule has 3 heterocycles. The fraction of sp³-hybridized carbons (Fsp3) is 0.233. The summed E-state index contributed by atoms with van der Waals surface area (Å²) in [5.74, 6) is -0.162. The van der Waals surface area contributed by atoms with Gasteiger partial charge in [-0.2, -0.15) is 0 Å². The third-order valence-corrected chi connectivity index (χ3v) is 7.93. The normalized spacial score (nSPS) is 14.0. The van der Waals surface area contributed by atoms with Crippen molar-refractivity contribution in [1.29, 1.82) is 0 Å². The van der Waals surface area contributed by atoms with Crippen molar-refractivity contribution in [1.82, 2.24) is 19.9 Å². The average Bonchev–Trinajstić information content (AvgIpc) is 3.60. The second kappa shape index (κ2) is 10.9. The number of hydrogen-bond donors (Lipinski definition) is 1. The zero-order valence-electron chi connectivity index (χ0n) is 23.2. The molecule has 1 aliphatic rings. The van der Waals surface area contributed by atoms with Gasteiger partial charge in [0.2, 0.25) is 5.88 Å². The van der Waals surface area contributed by atoms with Gasteiger partial charge in [0, 0.05) is 49.0 Å². The summed E-state index contributed by atoms with van der Waals surface area (Å²) in [5.41, 5.74) is 5.16. The number of carbonyl (C=O) groups is 2. The monoisotopic (exact) mass is 587 g/mol. The highest BCUT2D eigenvalue weighted by atomic mass is 32.1. The molecule has 3 aromatic carbocycles. The van der Waals surface area contributed by atoms with E-state index in [0.29, 0.717) is 50.7 Å². The number of amides is 2. The number of halogens is 1. The van der Waals surface area contributed by atoms with Crippen LogP contribution in [-0.4, -0.2) is 65.8 Å². The Bertz CT molecular complexity index is 1870. The Morgan fingerprint density at radius 1 is 1.17 bits per heavy atom. The molecule has 0 spiro atoms. The van der Waals surface area contributed by atoms with E-state index in [1.165, 1.54) is 29.4 Å². The van der Waals surface area contributed by atoms with E-state index >= 15 is 4.39 Å². The van der Waals surface area contributed by atoms with E-state index in [1.54, 1.807) is 44.6 Å². The lowest BCUT2D eigenvalue weighted by Crippen LogP contribution is -2.25. The molecule has 1 atom stereocenters. The van der Waals surface area contributed by atoms with Crippen molar-refractivity contribution in [2.24, 2.45) is 0 Å². The number of methoxy groups -OCH3 is 1. The molecule has 0 radical (unpaired) electrons.